The molecule has 0 radical (unpaired) electrons. The molecule has 1 aromatic heterocycles. The smallest absolute Gasteiger partial charge is 0.260 e. The number of rotatable bonds is 7. The molecule has 0 bridgehead atoms. The molecule has 35 heavy (non-hydrogen) atoms. The van der Waals surface area contributed by atoms with E-state index >= 15 is 0 Å². The van der Waals surface area contributed by atoms with Crippen LogP contribution in [-0.2, 0) is 11.2 Å². The Bertz CT molecular complexity index is 1190. The SMILES string of the molecule is CCC1CN(CCOc2ccc([C@H]3c4[nH]c5ccccc5c4C[C@@H](C)N3C(=O)C(C)(C)F)cc2)C1. The normalized spacial score (nSPS) is 21.1. The molecular weight excluding hydrogens is 441 g/mol. The van der Waals surface area contributed by atoms with Gasteiger partial charge in [-0.3, -0.25) is 9.69 Å². The van der Waals surface area contributed by atoms with Crippen molar-refractivity contribution in [2.24, 2.45) is 5.92 Å². The Hall–Kier alpha value is -2.86. The van der Waals surface area contributed by atoms with Gasteiger partial charge in [0, 0.05) is 42.3 Å². The van der Waals surface area contributed by atoms with Crippen molar-refractivity contribution in [2.45, 2.75) is 58.3 Å². The Kier molecular flexibility index (Phi) is 6.34. The highest BCUT2D eigenvalue weighted by molar-refractivity contribution is 5.89. The van der Waals surface area contributed by atoms with E-state index in [0.717, 1.165) is 35.0 Å². The highest BCUT2D eigenvalue weighted by Crippen LogP contribution is 2.42. The van der Waals surface area contributed by atoms with Crippen molar-refractivity contribution in [1.29, 1.82) is 0 Å². The summed E-state index contributed by atoms with van der Waals surface area (Å²) in [6, 6.07) is 15.6. The fraction of sp³-hybridized carbons (Fsp3) is 0.483. The zero-order valence-corrected chi connectivity index (χ0v) is 21.2. The van der Waals surface area contributed by atoms with Crippen LogP contribution in [0.25, 0.3) is 10.9 Å². The molecule has 0 spiro atoms. The molecule has 1 N–H and O–H groups in total. The van der Waals surface area contributed by atoms with Crippen molar-refractivity contribution in [1.82, 2.24) is 14.8 Å². The zero-order valence-electron chi connectivity index (χ0n) is 21.2. The second-order valence-electron chi connectivity index (χ2n) is 10.7. The van der Waals surface area contributed by atoms with E-state index in [2.05, 4.69) is 28.9 Å². The maximum absolute atomic E-state index is 14.9. The summed E-state index contributed by atoms with van der Waals surface area (Å²) in [5.41, 5.74) is 2.22. The second kappa shape index (κ2) is 9.30. The summed E-state index contributed by atoms with van der Waals surface area (Å²) in [4.78, 5) is 21.0. The van der Waals surface area contributed by atoms with Gasteiger partial charge in [0.15, 0.2) is 5.67 Å². The molecule has 2 aliphatic heterocycles. The second-order valence-corrected chi connectivity index (χ2v) is 10.7. The zero-order chi connectivity index (χ0) is 24.7. The minimum absolute atomic E-state index is 0.131. The van der Waals surface area contributed by atoms with Crippen LogP contribution in [0, 0.1) is 5.92 Å². The van der Waals surface area contributed by atoms with E-state index < -0.39 is 11.6 Å². The number of H-pyrrole nitrogens is 1. The summed E-state index contributed by atoms with van der Waals surface area (Å²) < 4.78 is 20.9. The van der Waals surface area contributed by atoms with Gasteiger partial charge in [-0.25, -0.2) is 4.39 Å². The predicted molar refractivity (Wildman–Crippen MR) is 137 cm³/mol. The summed E-state index contributed by atoms with van der Waals surface area (Å²) in [6.45, 7) is 10.9. The molecule has 3 aromatic rings. The summed E-state index contributed by atoms with van der Waals surface area (Å²) in [6.07, 6.45) is 1.93. The number of amides is 1. The van der Waals surface area contributed by atoms with Crippen LogP contribution in [-0.4, -0.2) is 58.6 Å². The molecule has 1 fully saturated rings. The third kappa shape index (κ3) is 4.56. The number of halogens is 1. The first kappa shape index (κ1) is 23.9. The summed E-state index contributed by atoms with van der Waals surface area (Å²) >= 11 is 0. The number of nitrogens with zero attached hydrogens (tertiary/aromatic N) is 2. The molecule has 0 saturated carbocycles. The molecule has 5 nitrogen and oxygen atoms in total. The van der Waals surface area contributed by atoms with Gasteiger partial charge >= 0.3 is 0 Å². The quantitative estimate of drug-likeness (QED) is 0.489. The van der Waals surface area contributed by atoms with Crippen LogP contribution in [0.4, 0.5) is 4.39 Å². The number of alkyl halides is 1. The van der Waals surface area contributed by atoms with Crippen LogP contribution in [0.3, 0.4) is 0 Å². The number of aromatic nitrogens is 1. The number of benzene rings is 2. The third-order valence-corrected chi connectivity index (χ3v) is 7.60. The molecule has 0 unspecified atom stereocenters. The number of ether oxygens (including phenoxy) is 1. The van der Waals surface area contributed by atoms with E-state index in [1.807, 2.05) is 43.3 Å². The first-order valence-corrected chi connectivity index (χ1v) is 12.8. The number of hydrogen-bond acceptors (Lipinski definition) is 3. The Morgan fingerprint density at radius 2 is 1.86 bits per heavy atom. The van der Waals surface area contributed by atoms with E-state index in [-0.39, 0.29) is 12.1 Å². The van der Waals surface area contributed by atoms with Crippen LogP contribution < -0.4 is 4.74 Å². The van der Waals surface area contributed by atoms with Gasteiger partial charge < -0.3 is 14.6 Å². The molecular formula is C29H36FN3O2. The number of aromatic amines is 1. The lowest BCUT2D eigenvalue weighted by molar-refractivity contribution is -0.146. The lowest BCUT2D eigenvalue weighted by Crippen LogP contribution is -2.52. The summed E-state index contributed by atoms with van der Waals surface area (Å²) in [7, 11) is 0. The molecule has 2 aliphatic rings. The van der Waals surface area contributed by atoms with Gasteiger partial charge in [0.05, 0.1) is 6.04 Å². The number of carbonyl (C=O) groups excluding carboxylic acids is 1. The van der Waals surface area contributed by atoms with E-state index in [0.29, 0.717) is 13.0 Å². The summed E-state index contributed by atoms with van der Waals surface area (Å²) in [5, 5.41) is 1.17. The molecule has 1 amide bonds. The average molecular weight is 478 g/mol. The molecule has 1 saturated heterocycles. The minimum atomic E-state index is -1.95. The molecule has 2 aromatic carbocycles. The van der Waals surface area contributed by atoms with Gasteiger partial charge in [0.1, 0.15) is 12.4 Å². The fourth-order valence-corrected chi connectivity index (χ4v) is 5.57. The average Bonchev–Trinajstić information content (AvgIpc) is 3.17. The largest absolute Gasteiger partial charge is 0.492 e. The standard InChI is InChI=1S/C29H36FN3O2/c1-5-20-17-32(18-20)14-15-35-22-12-10-21(11-13-22)27-26-24(23-8-6-7-9-25(23)31-26)16-19(2)33(27)28(34)29(3,4)30/h6-13,19-20,27,31H,5,14-18H2,1-4H3/t19-,27+/m1/s1. The van der Waals surface area contributed by atoms with Gasteiger partial charge in [-0.05, 0) is 62.4 Å². The van der Waals surface area contributed by atoms with E-state index in [9.17, 15) is 9.18 Å². The minimum Gasteiger partial charge on any atom is -0.492 e. The van der Waals surface area contributed by atoms with Crippen molar-refractivity contribution in [3.63, 3.8) is 0 Å². The molecule has 0 aliphatic carbocycles. The number of para-hydroxylation sites is 1. The number of hydrogen-bond donors (Lipinski definition) is 1. The highest BCUT2D eigenvalue weighted by Gasteiger charge is 2.43. The van der Waals surface area contributed by atoms with Crippen LogP contribution in [0.1, 0.15) is 57.0 Å². The van der Waals surface area contributed by atoms with E-state index in [1.54, 1.807) is 4.90 Å². The first-order chi connectivity index (χ1) is 16.8. The van der Waals surface area contributed by atoms with Gasteiger partial charge in [-0.1, -0.05) is 43.7 Å². The van der Waals surface area contributed by atoms with Crippen LogP contribution in [0.15, 0.2) is 48.5 Å². The Morgan fingerprint density at radius 1 is 1.14 bits per heavy atom. The van der Waals surface area contributed by atoms with Gasteiger partial charge in [0.2, 0.25) is 0 Å². The lowest BCUT2D eigenvalue weighted by atomic mass is 9.87. The van der Waals surface area contributed by atoms with Crippen molar-refractivity contribution < 1.29 is 13.9 Å². The Labute approximate surface area is 207 Å². The monoisotopic (exact) mass is 477 g/mol. The Morgan fingerprint density at radius 3 is 2.54 bits per heavy atom. The number of fused-ring (bicyclic) bond motifs is 3. The number of carbonyl (C=O) groups is 1. The molecule has 6 heteroatoms. The van der Waals surface area contributed by atoms with Gasteiger partial charge in [0.25, 0.3) is 5.91 Å². The van der Waals surface area contributed by atoms with Gasteiger partial charge in [-0.15, -0.1) is 0 Å². The number of nitrogens with one attached hydrogen (secondary N) is 1. The van der Waals surface area contributed by atoms with Gasteiger partial charge in [-0.2, -0.15) is 0 Å². The van der Waals surface area contributed by atoms with Crippen molar-refractivity contribution in [3.8, 4) is 5.75 Å². The maximum atomic E-state index is 14.9. The summed E-state index contributed by atoms with van der Waals surface area (Å²) in [5.74, 6) is 1.16. The van der Waals surface area contributed by atoms with Crippen molar-refractivity contribution in [2.75, 3.05) is 26.2 Å². The lowest BCUT2D eigenvalue weighted by Gasteiger charge is -2.42. The maximum Gasteiger partial charge on any atom is 0.260 e. The molecule has 2 atom stereocenters. The van der Waals surface area contributed by atoms with Crippen molar-refractivity contribution >= 4 is 16.8 Å². The Balaban J connectivity index is 1.41. The van der Waals surface area contributed by atoms with Crippen LogP contribution >= 0.6 is 0 Å². The molecule has 186 valence electrons. The molecule has 3 heterocycles. The number of likely N-dealkylation sites (tertiary alicyclic amines) is 1. The van der Waals surface area contributed by atoms with Crippen LogP contribution in [0.5, 0.6) is 5.75 Å². The predicted octanol–water partition coefficient (Wildman–Crippen LogP) is 5.50. The van der Waals surface area contributed by atoms with E-state index in [4.69, 9.17) is 4.74 Å². The highest BCUT2D eigenvalue weighted by atomic mass is 19.1. The fourth-order valence-electron chi connectivity index (χ4n) is 5.57. The topological polar surface area (TPSA) is 48.6 Å². The van der Waals surface area contributed by atoms with E-state index in [1.165, 1.54) is 44.3 Å². The van der Waals surface area contributed by atoms with Crippen LogP contribution in [0.2, 0.25) is 0 Å². The third-order valence-electron chi connectivity index (χ3n) is 7.60. The first-order valence-electron chi connectivity index (χ1n) is 12.8. The molecule has 5 rings (SSSR count). The van der Waals surface area contributed by atoms with Crippen molar-refractivity contribution in [3.05, 3.63) is 65.4 Å².